The van der Waals surface area contributed by atoms with Crippen LogP contribution < -0.4 is 11.1 Å². The third-order valence-electron chi connectivity index (χ3n) is 3.58. The molecule has 0 aromatic heterocycles. The Bertz CT molecular complexity index is 473. The summed E-state index contributed by atoms with van der Waals surface area (Å²) in [4.78, 5) is 12.3. The van der Waals surface area contributed by atoms with Gasteiger partial charge in [0, 0.05) is 10.2 Å². The summed E-state index contributed by atoms with van der Waals surface area (Å²) in [5.74, 6) is 0.100. The van der Waals surface area contributed by atoms with Crippen LogP contribution in [0.5, 0.6) is 0 Å². The van der Waals surface area contributed by atoms with Gasteiger partial charge in [-0.1, -0.05) is 34.1 Å². The van der Waals surface area contributed by atoms with Crippen molar-refractivity contribution in [2.75, 3.05) is 11.1 Å². The van der Waals surface area contributed by atoms with E-state index in [1.54, 1.807) is 0 Å². The minimum absolute atomic E-state index is 0.100. The summed E-state index contributed by atoms with van der Waals surface area (Å²) in [5, 5.41) is 2.98. The molecule has 1 unspecified atom stereocenters. The molecule has 0 bridgehead atoms. The third-order valence-corrected chi connectivity index (χ3v) is 4.21. The van der Waals surface area contributed by atoms with E-state index in [2.05, 4.69) is 35.1 Å². The van der Waals surface area contributed by atoms with Crippen LogP contribution in [-0.4, -0.2) is 5.91 Å². The zero-order chi connectivity index (χ0) is 14.6. The molecular formula is C15H23BrN2O. The quantitative estimate of drug-likeness (QED) is 0.806. The van der Waals surface area contributed by atoms with E-state index in [9.17, 15) is 4.79 Å². The minimum atomic E-state index is -0.401. The fourth-order valence-electron chi connectivity index (χ4n) is 2.69. The monoisotopic (exact) mass is 326 g/mol. The van der Waals surface area contributed by atoms with Gasteiger partial charge < -0.3 is 11.1 Å². The third kappa shape index (κ3) is 2.64. The van der Waals surface area contributed by atoms with Gasteiger partial charge in [-0.25, -0.2) is 0 Å². The number of hydrogen-bond acceptors (Lipinski definition) is 2. The first-order valence-electron chi connectivity index (χ1n) is 6.96. The van der Waals surface area contributed by atoms with E-state index >= 15 is 0 Å². The van der Waals surface area contributed by atoms with Gasteiger partial charge in [-0.15, -0.1) is 0 Å². The molecule has 3 N–H and O–H groups in total. The van der Waals surface area contributed by atoms with Gasteiger partial charge in [0.1, 0.15) is 0 Å². The molecule has 1 aliphatic rings. The maximum Gasteiger partial charge on any atom is 0.235 e. The van der Waals surface area contributed by atoms with Gasteiger partial charge in [0.15, 0.2) is 0 Å². The second-order valence-electron chi connectivity index (χ2n) is 4.57. The van der Waals surface area contributed by atoms with E-state index in [4.69, 9.17) is 5.73 Å². The molecule has 0 aliphatic carbocycles. The topological polar surface area (TPSA) is 55.1 Å². The van der Waals surface area contributed by atoms with Crippen molar-refractivity contribution in [2.45, 2.75) is 52.4 Å². The Morgan fingerprint density at radius 2 is 1.95 bits per heavy atom. The first-order chi connectivity index (χ1) is 9.05. The molecule has 1 aromatic rings. The smallest absolute Gasteiger partial charge is 0.235 e. The first-order valence-corrected chi connectivity index (χ1v) is 7.75. The van der Waals surface area contributed by atoms with Crippen molar-refractivity contribution >= 4 is 33.2 Å². The number of rotatable bonds is 3. The van der Waals surface area contributed by atoms with Gasteiger partial charge in [0.2, 0.25) is 5.91 Å². The Morgan fingerprint density at radius 3 is 2.47 bits per heavy atom. The highest BCUT2D eigenvalue weighted by Gasteiger charge is 2.45. The molecule has 1 heterocycles. The van der Waals surface area contributed by atoms with Crippen LogP contribution >= 0.6 is 15.9 Å². The zero-order valence-corrected chi connectivity index (χ0v) is 13.7. The molecule has 0 saturated carbocycles. The number of nitrogens with two attached hydrogens (primary N) is 1. The summed E-state index contributed by atoms with van der Waals surface area (Å²) in [6.07, 6.45) is 2.64. The number of nitrogen functional groups attached to an aromatic ring is 1. The predicted molar refractivity (Wildman–Crippen MR) is 85.4 cm³/mol. The molecule has 4 heteroatoms. The molecule has 0 radical (unpaired) electrons. The molecule has 2 rings (SSSR count). The standard InChI is InChI=1S/C13H17BrN2O.C2H6/c1-3-5-13(4-2)9-6-8(15)7-10(14)11(9)16-12(13)17;1-2/h6-7H,3-5,15H2,1-2H3,(H,16,17);1-2H3. The van der Waals surface area contributed by atoms with Crippen molar-refractivity contribution in [2.24, 2.45) is 0 Å². The summed E-state index contributed by atoms with van der Waals surface area (Å²) < 4.78 is 0.868. The predicted octanol–water partition coefficient (Wildman–Crippen LogP) is 4.46. The highest BCUT2D eigenvalue weighted by molar-refractivity contribution is 9.10. The summed E-state index contributed by atoms with van der Waals surface area (Å²) in [6, 6.07) is 3.76. The lowest BCUT2D eigenvalue weighted by Crippen LogP contribution is -2.33. The van der Waals surface area contributed by atoms with E-state index in [-0.39, 0.29) is 5.91 Å². The van der Waals surface area contributed by atoms with E-state index in [1.807, 2.05) is 26.0 Å². The van der Waals surface area contributed by atoms with Crippen LogP contribution in [0.3, 0.4) is 0 Å². The van der Waals surface area contributed by atoms with Crippen molar-refractivity contribution in [3.05, 3.63) is 22.2 Å². The van der Waals surface area contributed by atoms with E-state index in [1.165, 1.54) is 0 Å². The van der Waals surface area contributed by atoms with Crippen molar-refractivity contribution in [3.8, 4) is 0 Å². The van der Waals surface area contributed by atoms with Gasteiger partial charge in [0.05, 0.1) is 11.1 Å². The van der Waals surface area contributed by atoms with Crippen LogP contribution in [0, 0.1) is 0 Å². The van der Waals surface area contributed by atoms with Gasteiger partial charge in [-0.2, -0.15) is 0 Å². The summed E-state index contributed by atoms with van der Waals surface area (Å²) in [7, 11) is 0. The zero-order valence-electron chi connectivity index (χ0n) is 12.1. The fourth-order valence-corrected chi connectivity index (χ4v) is 3.27. The second kappa shape index (κ2) is 6.42. The van der Waals surface area contributed by atoms with E-state index in [0.717, 1.165) is 35.0 Å². The van der Waals surface area contributed by atoms with Crippen LogP contribution in [-0.2, 0) is 10.2 Å². The van der Waals surface area contributed by atoms with Gasteiger partial charge in [-0.3, -0.25) is 4.79 Å². The number of amides is 1. The van der Waals surface area contributed by atoms with Crippen molar-refractivity contribution in [1.29, 1.82) is 0 Å². The van der Waals surface area contributed by atoms with Gasteiger partial charge >= 0.3 is 0 Å². The molecule has 1 amide bonds. The van der Waals surface area contributed by atoms with Crippen LogP contribution in [0.2, 0.25) is 0 Å². The van der Waals surface area contributed by atoms with Crippen molar-refractivity contribution in [3.63, 3.8) is 0 Å². The fraction of sp³-hybridized carbons (Fsp3) is 0.533. The lowest BCUT2D eigenvalue weighted by molar-refractivity contribution is -0.121. The SMILES string of the molecule is CC.CCCC1(CC)C(=O)Nc2c(Br)cc(N)cc21. The highest BCUT2D eigenvalue weighted by atomic mass is 79.9. The van der Waals surface area contributed by atoms with Gasteiger partial charge in [-0.05, 0) is 46.5 Å². The first kappa shape index (κ1) is 16.0. The molecule has 1 aromatic carbocycles. The summed E-state index contributed by atoms with van der Waals surface area (Å²) in [5.41, 5.74) is 8.10. The lowest BCUT2D eigenvalue weighted by Gasteiger charge is -2.25. The average Bonchev–Trinajstić information content (AvgIpc) is 2.67. The molecular weight excluding hydrogens is 304 g/mol. The maximum absolute atomic E-state index is 12.3. The van der Waals surface area contributed by atoms with Crippen LogP contribution in [0.25, 0.3) is 0 Å². The molecule has 19 heavy (non-hydrogen) atoms. The van der Waals surface area contributed by atoms with Crippen LogP contribution in [0.15, 0.2) is 16.6 Å². The number of benzene rings is 1. The molecule has 0 spiro atoms. The molecule has 0 fully saturated rings. The van der Waals surface area contributed by atoms with Crippen molar-refractivity contribution in [1.82, 2.24) is 0 Å². The van der Waals surface area contributed by atoms with Crippen LogP contribution in [0.1, 0.15) is 52.5 Å². The van der Waals surface area contributed by atoms with Gasteiger partial charge in [0.25, 0.3) is 0 Å². The Hall–Kier alpha value is -1.03. The number of nitrogens with one attached hydrogen (secondary N) is 1. The lowest BCUT2D eigenvalue weighted by atomic mass is 9.75. The molecule has 3 nitrogen and oxygen atoms in total. The second-order valence-corrected chi connectivity index (χ2v) is 5.42. The highest BCUT2D eigenvalue weighted by Crippen LogP contribution is 2.47. The Labute approximate surface area is 124 Å². The normalized spacial score (nSPS) is 20.4. The summed E-state index contributed by atoms with van der Waals surface area (Å²) >= 11 is 3.46. The Morgan fingerprint density at radius 1 is 1.32 bits per heavy atom. The number of hydrogen-bond donors (Lipinski definition) is 2. The number of carbonyl (C=O) groups is 1. The Kier molecular flexibility index (Phi) is 5.41. The molecule has 1 aliphatic heterocycles. The summed E-state index contributed by atoms with van der Waals surface area (Å²) in [6.45, 7) is 8.16. The van der Waals surface area contributed by atoms with E-state index < -0.39 is 5.41 Å². The maximum atomic E-state index is 12.3. The number of anilines is 2. The van der Waals surface area contributed by atoms with Crippen molar-refractivity contribution < 1.29 is 4.79 Å². The molecule has 1 atom stereocenters. The Balaban J connectivity index is 0.000000861. The van der Waals surface area contributed by atoms with Crippen LogP contribution in [0.4, 0.5) is 11.4 Å². The molecule has 106 valence electrons. The van der Waals surface area contributed by atoms with E-state index in [0.29, 0.717) is 5.69 Å². The average molecular weight is 327 g/mol. The largest absolute Gasteiger partial charge is 0.399 e. The minimum Gasteiger partial charge on any atom is -0.399 e. The molecule has 0 saturated heterocycles. The number of carbonyl (C=O) groups excluding carboxylic acids is 1. The number of halogens is 1. The number of fused-ring (bicyclic) bond motifs is 1.